The van der Waals surface area contributed by atoms with Crippen molar-refractivity contribution in [1.29, 1.82) is 0 Å². The van der Waals surface area contributed by atoms with Gasteiger partial charge in [0.25, 0.3) is 0 Å². The second kappa shape index (κ2) is 7.74. The molecule has 0 amide bonds. The number of carbonyl (C=O) groups is 3. The minimum atomic E-state index is -1.50. The third-order valence-electron chi connectivity index (χ3n) is 1.69. The summed E-state index contributed by atoms with van der Waals surface area (Å²) in [7, 11) is 0. The van der Waals surface area contributed by atoms with Gasteiger partial charge in [-0.15, -0.1) is 0 Å². The van der Waals surface area contributed by atoms with Crippen LogP contribution in [0.25, 0.3) is 0 Å². The molecule has 0 spiro atoms. The third kappa shape index (κ3) is 6.87. The van der Waals surface area contributed by atoms with Crippen LogP contribution in [0.4, 0.5) is 0 Å². The lowest BCUT2D eigenvalue weighted by atomic mass is 10.4. The fraction of sp³-hybridized carbons (Fsp3) is 0.625. The highest BCUT2D eigenvalue weighted by molar-refractivity contribution is 5.70. The van der Waals surface area contributed by atoms with Crippen LogP contribution in [0, 0.1) is 0 Å². The van der Waals surface area contributed by atoms with Crippen LogP contribution in [0.5, 0.6) is 0 Å². The first-order chi connectivity index (χ1) is 7.47. The number of aliphatic carboxylic acids is 2. The molecule has 0 saturated carbocycles. The van der Waals surface area contributed by atoms with Gasteiger partial charge in [0, 0.05) is 13.1 Å². The van der Waals surface area contributed by atoms with Crippen LogP contribution < -0.4 is 5.32 Å². The highest BCUT2D eigenvalue weighted by Crippen LogP contribution is 1.92. The van der Waals surface area contributed by atoms with Gasteiger partial charge in [-0.25, -0.2) is 0 Å². The van der Waals surface area contributed by atoms with E-state index in [-0.39, 0.29) is 25.9 Å². The first-order valence-corrected chi connectivity index (χ1v) is 4.49. The van der Waals surface area contributed by atoms with E-state index < -0.39 is 24.7 Å². The first kappa shape index (κ1) is 14.5. The van der Waals surface area contributed by atoms with Gasteiger partial charge in [0.1, 0.15) is 0 Å². The maximum absolute atomic E-state index is 10.4. The maximum Gasteiger partial charge on any atom is 0.317 e. The summed E-state index contributed by atoms with van der Waals surface area (Å²) in [5.74, 6) is -2.22. The van der Waals surface area contributed by atoms with Crippen LogP contribution in [-0.2, 0) is 14.4 Å². The molecule has 0 aromatic heterocycles. The SMILES string of the molecule is O=CC(O)N(CCNCC(=O)O)CC(=O)O. The standard InChI is InChI=1S/C8H14N2O6/c11-5-6(12)10(4-8(15)16)2-1-9-3-7(13)14/h5-6,9,12H,1-4H2,(H,13,14)(H,15,16). The number of carbonyl (C=O) groups excluding carboxylic acids is 1. The molecule has 0 saturated heterocycles. The predicted molar refractivity (Wildman–Crippen MR) is 51.8 cm³/mol. The molecule has 0 rings (SSSR count). The third-order valence-corrected chi connectivity index (χ3v) is 1.69. The Morgan fingerprint density at radius 3 is 2.38 bits per heavy atom. The van der Waals surface area contributed by atoms with Gasteiger partial charge in [0.05, 0.1) is 13.1 Å². The maximum atomic E-state index is 10.4. The summed E-state index contributed by atoms with van der Waals surface area (Å²) >= 11 is 0. The van der Waals surface area contributed by atoms with E-state index in [1.807, 2.05) is 0 Å². The van der Waals surface area contributed by atoms with Crippen LogP contribution >= 0.6 is 0 Å². The van der Waals surface area contributed by atoms with E-state index in [1.165, 1.54) is 0 Å². The molecule has 0 aliphatic rings. The summed E-state index contributed by atoms with van der Waals surface area (Å²) in [6, 6.07) is 0. The number of aliphatic hydroxyl groups is 1. The average molecular weight is 234 g/mol. The van der Waals surface area contributed by atoms with E-state index >= 15 is 0 Å². The number of hydrogen-bond donors (Lipinski definition) is 4. The fourth-order valence-electron chi connectivity index (χ4n) is 0.983. The zero-order valence-electron chi connectivity index (χ0n) is 8.50. The molecule has 0 aliphatic heterocycles. The van der Waals surface area contributed by atoms with Crippen molar-refractivity contribution < 1.29 is 29.7 Å². The van der Waals surface area contributed by atoms with Gasteiger partial charge in [0.15, 0.2) is 12.5 Å². The Labute approximate surface area is 91.5 Å². The van der Waals surface area contributed by atoms with Gasteiger partial charge in [-0.1, -0.05) is 0 Å². The molecular formula is C8H14N2O6. The van der Waals surface area contributed by atoms with E-state index in [4.69, 9.17) is 15.3 Å². The smallest absolute Gasteiger partial charge is 0.317 e. The zero-order valence-corrected chi connectivity index (χ0v) is 8.50. The van der Waals surface area contributed by atoms with Crippen molar-refractivity contribution in [2.45, 2.75) is 6.23 Å². The summed E-state index contributed by atoms with van der Waals surface area (Å²) in [6.45, 7) is -0.545. The lowest BCUT2D eigenvalue weighted by molar-refractivity contribution is -0.143. The van der Waals surface area contributed by atoms with Crippen LogP contribution in [0.2, 0.25) is 0 Å². The van der Waals surface area contributed by atoms with Crippen LogP contribution in [0.3, 0.4) is 0 Å². The van der Waals surface area contributed by atoms with Crippen molar-refractivity contribution in [3.05, 3.63) is 0 Å². The van der Waals surface area contributed by atoms with Gasteiger partial charge >= 0.3 is 11.9 Å². The molecule has 8 nitrogen and oxygen atoms in total. The second-order valence-electron chi connectivity index (χ2n) is 2.98. The topological polar surface area (TPSA) is 127 Å². The van der Waals surface area contributed by atoms with Crippen molar-refractivity contribution in [2.24, 2.45) is 0 Å². The molecule has 0 aromatic carbocycles. The Kier molecular flexibility index (Phi) is 7.01. The zero-order chi connectivity index (χ0) is 12.6. The van der Waals surface area contributed by atoms with Crippen molar-refractivity contribution in [3.8, 4) is 0 Å². The molecular weight excluding hydrogens is 220 g/mol. The monoisotopic (exact) mass is 234 g/mol. The van der Waals surface area contributed by atoms with Crippen molar-refractivity contribution in [2.75, 3.05) is 26.2 Å². The van der Waals surface area contributed by atoms with E-state index in [0.29, 0.717) is 0 Å². The van der Waals surface area contributed by atoms with Gasteiger partial charge in [-0.05, 0) is 0 Å². The van der Waals surface area contributed by atoms with Gasteiger partial charge in [0.2, 0.25) is 0 Å². The molecule has 1 atom stereocenters. The quantitative estimate of drug-likeness (QED) is 0.197. The summed E-state index contributed by atoms with van der Waals surface area (Å²) < 4.78 is 0. The predicted octanol–water partition coefficient (Wildman–Crippen LogP) is -2.44. The summed E-state index contributed by atoms with van der Waals surface area (Å²) in [6.07, 6.45) is -1.29. The number of nitrogens with zero attached hydrogens (tertiary/aromatic N) is 1. The molecule has 0 fully saturated rings. The molecule has 0 bridgehead atoms. The number of hydrogen-bond acceptors (Lipinski definition) is 6. The lowest BCUT2D eigenvalue weighted by Gasteiger charge is -2.21. The Balaban J connectivity index is 3.96. The van der Waals surface area contributed by atoms with Crippen molar-refractivity contribution >= 4 is 18.2 Å². The molecule has 92 valence electrons. The molecule has 1 unspecified atom stereocenters. The minimum absolute atomic E-state index is 0.0550. The molecule has 0 aromatic rings. The Morgan fingerprint density at radius 1 is 1.31 bits per heavy atom. The number of nitrogens with one attached hydrogen (secondary N) is 1. The van der Waals surface area contributed by atoms with Crippen molar-refractivity contribution in [1.82, 2.24) is 10.2 Å². The van der Waals surface area contributed by atoms with Gasteiger partial charge in [-0.2, -0.15) is 0 Å². The second-order valence-corrected chi connectivity index (χ2v) is 2.98. The summed E-state index contributed by atoms with van der Waals surface area (Å²) in [5, 5.41) is 28.4. The van der Waals surface area contributed by atoms with E-state index in [2.05, 4.69) is 5.32 Å². The molecule has 0 radical (unpaired) electrons. The Bertz CT molecular complexity index is 257. The highest BCUT2D eigenvalue weighted by Gasteiger charge is 2.17. The summed E-state index contributed by atoms with van der Waals surface area (Å²) in [5.41, 5.74) is 0. The largest absolute Gasteiger partial charge is 0.480 e. The van der Waals surface area contributed by atoms with Crippen molar-refractivity contribution in [3.63, 3.8) is 0 Å². The number of carboxylic acids is 2. The number of aliphatic hydroxyl groups excluding tert-OH is 1. The molecule has 0 heterocycles. The molecule has 8 heteroatoms. The highest BCUT2D eigenvalue weighted by atomic mass is 16.4. The Hall–Kier alpha value is -1.51. The normalized spacial score (nSPS) is 12.4. The van der Waals surface area contributed by atoms with E-state index in [0.717, 1.165) is 4.90 Å². The van der Waals surface area contributed by atoms with Gasteiger partial charge in [-0.3, -0.25) is 19.3 Å². The molecule has 0 aliphatic carbocycles. The van der Waals surface area contributed by atoms with E-state index in [1.54, 1.807) is 0 Å². The lowest BCUT2D eigenvalue weighted by Crippen LogP contribution is -2.44. The number of carboxylic acid groups (broad SMARTS) is 2. The number of rotatable bonds is 9. The van der Waals surface area contributed by atoms with E-state index in [9.17, 15) is 14.4 Å². The van der Waals surface area contributed by atoms with Crippen LogP contribution in [-0.4, -0.2) is 70.9 Å². The van der Waals surface area contributed by atoms with Gasteiger partial charge < -0.3 is 20.6 Å². The molecule has 16 heavy (non-hydrogen) atoms. The molecule has 4 N–H and O–H groups in total. The first-order valence-electron chi connectivity index (χ1n) is 4.49. The summed E-state index contributed by atoms with van der Waals surface area (Å²) in [4.78, 5) is 31.8. The number of aldehydes is 1. The Morgan fingerprint density at radius 2 is 1.94 bits per heavy atom. The van der Waals surface area contributed by atoms with Crippen LogP contribution in [0.15, 0.2) is 0 Å². The average Bonchev–Trinajstić information content (AvgIpc) is 2.20. The minimum Gasteiger partial charge on any atom is -0.480 e. The van der Waals surface area contributed by atoms with Crippen LogP contribution in [0.1, 0.15) is 0 Å². The fourth-order valence-corrected chi connectivity index (χ4v) is 0.983.